The Balaban J connectivity index is 3.13. The lowest BCUT2D eigenvalue weighted by Crippen LogP contribution is -2.15. The van der Waals surface area contributed by atoms with E-state index in [0.717, 1.165) is 0 Å². The molecule has 14 heteroatoms. The van der Waals surface area contributed by atoms with Crippen molar-refractivity contribution < 1.29 is 53.3 Å². The van der Waals surface area contributed by atoms with E-state index in [2.05, 4.69) is 8.37 Å². The van der Waals surface area contributed by atoms with E-state index >= 15 is 0 Å². The minimum absolute atomic E-state index is 0.00170. The van der Waals surface area contributed by atoms with Crippen molar-refractivity contribution in [3.05, 3.63) is 0 Å². The molecule has 0 rings (SSSR count). The second kappa shape index (κ2) is 13.8. The van der Waals surface area contributed by atoms with Crippen LogP contribution in [0.4, 0.5) is 0 Å². The lowest BCUT2D eigenvalue weighted by atomic mass is 10.7. The summed E-state index contributed by atoms with van der Waals surface area (Å²) in [6.45, 7) is 1.08. The lowest BCUT2D eigenvalue weighted by Gasteiger charge is -2.07. The number of hydrogen-bond acceptors (Lipinski definition) is 10. The molecule has 0 fully saturated rings. The second-order valence-corrected chi connectivity index (χ2v) is 6.13. The van der Waals surface area contributed by atoms with E-state index in [1.165, 1.54) is 0 Å². The summed E-state index contributed by atoms with van der Waals surface area (Å²) in [5, 5.41) is 0. The summed E-state index contributed by atoms with van der Waals surface area (Å²) in [7, 11) is -8.86. The van der Waals surface area contributed by atoms with Crippen molar-refractivity contribution in [2.75, 3.05) is 66.1 Å². The Morgan fingerprint density at radius 3 is 0.875 bits per heavy atom. The predicted octanol–water partition coefficient (Wildman–Crippen LogP) is -1.31. The van der Waals surface area contributed by atoms with Crippen LogP contribution in [0.3, 0.4) is 0 Å². The molecule has 0 bridgehead atoms. The van der Waals surface area contributed by atoms with Crippen molar-refractivity contribution in [1.82, 2.24) is 0 Å². The monoisotopic (exact) mass is 398 g/mol. The molecule has 0 aromatic carbocycles. The molecule has 0 aliphatic rings. The Morgan fingerprint density at radius 1 is 0.458 bits per heavy atom. The molecule has 146 valence electrons. The molecule has 0 spiro atoms. The minimum Gasteiger partial charge on any atom is -0.377 e. The van der Waals surface area contributed by atoms with Gasteiger partial charge in [-0.1, -0.05) is 0 Å². The summed E-state index contributed by atoms with van der Waals surface area (Å²) in [6.07, 6.45) is 0. The first-order chi connectivity index (χ1) is 11.2. The molecular formula is C10H22O12S2. The summed E-state index contributed by atoms with van der Waals surface area (Å²) >= 11 is 0. The van der Waals surface area contributed by atoms with Crippen LogP contribution in [0.1, 0.15) is 0 Å². The third kappa shape index (κ3) is 21.6. The maximum atomic E-state index is 10.2. The molecular weight excluding hydrogens is 376 g/mol. The number of rotatable bonds is 17. The first-order valence-electron chi connectivity index (χ1n) is 6.75. The molecule has 0 atom stereocenters. The highest BCUT2D eigenvalue weighted by Crippen LogP contribution is 1.88. The van der Waals surface area contributed by atoms with Gasteiger partial charge in [0, 0.05) is 0 Å². The Hall–Kier alpha value is -0.420. The molecule has 24 heavy (non-hydrogen) atoms. The maximum Gasteiger partial charge on any atom is 0.397 e. The average Bonchev–Trinajstić information content (AvgIpc) is 2.44. The molecule has 0 aromatic rings. The van der Waals surface area contributed by atoms with E-state index in [1.807, 2.05) is 0 Å². The summed E-state index contributed by atoms with van der Waals surface area (Å²) in [6, 6.07) is 0. The van der Waals surface area contributed by atoms with E-state index < -0.39 is 20.8 Å². The van der Waals surface area contributed by atoms with Crippen molar-refractivity contribution in [2.24, 2.45) is 0 Å². The molecule has 0 amide bonds. The highest BCUT2D eigenvalue weighted by Gasteiger charge is 2.03. The number of hydrogen-bond donors (Lipinski definition) is 2. The minimum atomic E-state index is -4.43. The molecule has 0 saturated carbocycles. The van der Waals surface area contributed by atoms with E-state index in [-0.39, 0.29) is 52.9 Å². The quantitative estimate of drug-likeness (QED) is 0.220. The van der Waals surface area contributed by atoms with Gasteiger partial charge in [0.1, 0.15) is 0 Å². The summed E-state index contributed by atoms with van der Waals surface area (Å²) < 4.78 is 85.6. The lowest BCUT2D eigenvalue weighted by molar-refractivity contribution is -0.00719. The Morgan fingerprint density at radius 2 is 0.667 bits per heavy atom. The van der Waals surface area contributed by atoms with Crippen LogP contribution in [0, 0.1) is 0 Å². The van der Waals surface area contributed by atoms with Gasteiger partial charge in [-0.05, 0) is 0 Å². The zero-order valence-electron chi connectivity index (χ0n) is 12.9. The smallest absolute Gasteiger partial charge is 0.377 e. The van der Waals surface area contributed by atoms with Gasteiger partial charge in [0.15, 0.2) is 0 Å². The fourth-order valence-electron chi connectivity index (χ4n) is 1.16. The summed E-state index contributed by atoms with van der Waals surface area (Å²) in [4.78, 5) is 0. The molecule has 0 aliphatic heterocycles. The Bertz CT molecular complexity index is 442. The van der Waals surface area contributed by atoms with Crippen molar-refractivity contribution in [1.29, 1.82) is 0 Å². The highest BCUT2D eigenvalue weighted by molar-refractivity contribution is 7.81. The van der Waals surface area contributed by atoms with Gasteiger partial charge in [0.25, 0.3) is 0 Å². The molecule has 2 N–H and O–H groups in total. The fraction of sp³-hybridized carbons (Fsp3) is 1.00. The van der Waals surface area contributed by atoms with Crippen molar-refractivity contribution in [3.63, 3.8) is 0 Å². The van der Waals surface area contributed by atoms with Gasteiger partial charge in [-0.25, -0.2) is 8.37 Å². The van der Waals surface area contributed by atoms with Gasteiger partial charge >= 0.3 is 20.8 Å². The van der Waals surface area contributed by atoms with Crippen molar-refractivity contribution >= 4 is 20.8 Å². The Kier molecular flexibility index (Phi) is 13.6. The topological polar surface area (TPSA) is 164 Å². The average molecular weight is 398 g/mol. The van der Waals surface area contributed by atoms with Gasteiger partial charge in [0.2, 0.25) is 0 Å². The number of ether oxygens (including phenoxy) is 4. The van der Waals surface area contributed by atoms with Gasteiger partial charge in [-0.15, -0.1) is 0 Å². The molecule has 0 heterocycles. The van der Waals surface area contributed by atoms with E-state index in [9.17, 15) is 16.8 Å². The van der Waals surface area contributed by atoms with Crippen LogP contribution in [0.5, 0.6) is 0 Å². The van der Waals surface area contributed by atoms with Crippen LogP contribution in [-0.2, 0) is 48.1 Å². The largest absolute Gasteiger partial charge is 0.397 e. The zero-order valence-corrected chi connectivity index (χ0v) is 14.5. The third-order valence-corrected chi connectivity index (χ3v) is 2.96. The van der Waals surface area contributed by atoms with Crippen LogP contribution < -0.4 is 0 Å². The third-order valence-electron chi connectivity index (χ3n) is 2.04. The van der Waals surface area contributed by atoms with Gasteiger partial charge in [0.05, 0.1) is 66.1 Å². The van der Waals surface area contributed by atoms with Gasteiger partial charge in [-0.3, -0.25) is 9.11 Å². The maximum absolute atomic E-state index is 10.2. The first-order valence-corrected chi connectivity index (χ1v) is 9.48. The Labute approximate surface area is 140 Å². The first kappa shape index (κ1) is 23.6. The SMILES string of the molecule is O=S(=O)(O)OCCOCCOCCOCCOCCOS(=O)(=O)O. The van der Waals surface area contributed by atoms with E-state index in [1.54, 1.807) is 0 Å². The van der Waals surface area contributed by atoms with E-state index in [0.29, 0.717) is 13.2 Å². The zero-order chi connectivity index (χ0) is 18.3. The predicted molar refractivity (Wildman–Crippen MR) is 78.3 cm³/mol. The molecule has 12 nitrogen and oxygen atoms in total. The van der Waals surface area contributed by atoms with Crippen LogP contribution >= 0.6 is 0 Å². The van der Waals surface area contributed by atoms with Crippen LogP contribution in [0.25, 0.3) is 0 Å². The fourth-order valence-corrected chi connectivity index (χ4v) is 1.72. The van der Waals surface area contributed by atoms with Gasteiger partial charge < -0.3 is 18.9 Å². The molecule has 0 aromatic heterocycles. The second-order valence-electron chi connectivity index (χ2n) is 3.95. The standard InChI is InChI=1S/C10H22O12S2/c11-23(12,13)21-9-7-19-5-3-17-1-2-18-4-6-20-8-10-22-24(14,15)16/h1-10H2,(H,11,12,13)(H,14,15,16). The van der Waals surface area contributed by atoms with E-state index in [4.69, 9.17) is 28.1 Å². The van der Waals surface area contributed by atoms with Crippen LogP contribution in [-0.4, -0.2) is 92.0 Å². The molecule has 0 saturated heterocycles. The molecule has 0 unspecified atom stereocenters. The summed E-state index contributed by atoms with van der Waals surface area (Å²) in [5.41, 5.74) is 0. The van der Waals surface area contributed by atoms with Crippen LogP contribution in [0.2, 0.25) is 0 Å². The normalized spacial score (nSPS) is 12.6. The van der Waals surface area contributed by atoms with Crippen molar-refractivity contribution in [3.8, 4) is 0 Å². The molecule has 0 aliphatic carbocycles. The van der Waals surface area contributed by atoms with Crippen molar-refractivity contribution in [2.45, 2.75) is 0 Å². The highest BCUT2D eigenvalue weighted by atomic mass is 32.3. The van der Waals surface area contributed by atoms with Gasteiger partial charge in [-0.2, -0.15) is 16.8 Å². The van der Waals surface area contributed by atoms with Crippen LogP contribution in [0.15, 0.2) is 0 Å². The summed E-state index contributed by atoms with van der Waals surface area (Å²) in [5.74, 6) is 0. The molecule has 0 radical (unpaired) electrons.